The van der Waals surface area contributed by atoms with Gasteiger partial charge in [0.05, 0.1) is 5.56 Å². The van der Waals surface area contributed by atoms with Gasteiger partial charge in [-0.05, 0) is 53.1 Å². The van der Waals surface area contributed by atoms with Crippen molar-refractivity contribution in [1.29, 1.82) is 0 Å². The van der Waals surface area contributed by atoms with E-state index in [0.29, 0.717) is 17.5 Å². The molecule has 0 spiro atoms. The number of para-hydroxylation sites is 2. The minimum Gasteiger partial charge on any atom is -0.455 e. The zero-order chi connectivity index (χ0) is 37.5. The Morgan fingerprint density at radius 1 is 0.316 bits per heavy atom. The van der Waals surface area contributed by atoms with Crippen molar-refractivity contribution in [2.45, 2.75) is 0 Å². The van der Waals surface area contributed by atoms with Crippen LogP contribution in [0.25, 0.3) is 119 Å². The van der Waals surface area contributed by atoms with Crippen molar-refractivity contribution in [3.63, 3.8) is 0 Å². The number of hydrogen-bond donors (Lipinski definition) is 0. The second-order valence-electron chi connectivity index (χ2n) is 14.3. The van der Waals surface area contributed by atoms with E-state index in [1.54, 1.807) is 0 Å². The summed E-state index contributed by atoms with van der Waals surface area (Å²) in [6.45, 7) is 0. The number of aromatic nitrogens is 3. The summed E-state index contributed by atoms with van der Waals surface area (Å²) in [6.07, 6.45) is 0. The van der Waals surface area contributed by atoms with E-state index in [-0.39, 0.29) is 0 Å². The van der Waals surface area contributed by atoms with Crippen molar-refractivity contribution in [2.24, 2.45) is 0 Å². The van der Waals surface area contributed by atoms with Crippen molar-refractivity contribution in [3.05, 3.63) is 176 Å². The summed E-state index contributed by atoms with van der Waals surface area (Å²) in [6, 6.07) is 61.9. The molecule has 4 aromatic heterocycles. The molecule has 8 aromatic carbocycles. The molecule has 6 heteroatoms. The topological polar surface area (TPSA) is 51.8 Å². The van der Waals surface area contributed by atoms with Crippen LogP contribution in [0.5, 0.6) is 0 Å². The fourth-order valence-corrected chi connectivity index (χ4v) is 10.7. The van der Waals surface area contributed by atoms with Crippen molar-refractivity contribution in [2.75, 3.05) is 0 Å². The number of hydrogen-bond acceptors (Lipinski definition) is 6. The number of fused-ring (bicyclic) bond motifs is 9. The van der Waals surface area contributed by atoms with E-state index in [9.17, 15) is 0 Å². The second kappa shape index (κ2) is 12.8. The largest absolute Gasteiger partial charge is 0.455 e. The minimum absolute atomic E-state index is 0.568. The Kier molecular flexibility index (Phi) is 7.24. The van der Waals surface area contributed by atoms with Crippen LogP contribution in [0.2, 0.25) is 0 Å². The van der Waals surface area contributed by atoms with Gasteiger partial charge in [-0.1, -0.05) is 140 Å². The molecule has 0 atom stereocenters. The van der Waals surface area contributed by atoms with E-state index in [0.717, 1.165) is 49.8 Å². The molecule has 266 valence electrons. The standard InChI is InChI=1S/C51H29N3OS2/c1-3-14-30(15-4-1)49-52-50(31-16-5-2-6-17-31)54-51(53-49)39-24-12-22-35-34-21-11-23-36(47(34)55-48(35)39)40-28-32(29-44-46(40)38-19-8-10-26-42(38)57-44)33-20-13-27-43-45(33)37-18-7-9-25-41(37)56-43/h1-29H. The lowest BCUT2D eigenvalue weighted by molar-refractivity contribution is 0.670. The third-order valence-corrected chi connectivity index (χ3v) is 13.2. The Balaban J connectivity index is 1.12. The van der Waals surface area contributed by atoms with E-state index < -0.39 is 0 Å². The maximum Gasteiger partial charge on any atom is 0.167 e. The lowest BCUT2D eigenvalue weighted by Crippen LogP contribution is -2.00. The molecular weight excluding hydrogens is 735 g/mol. The predicted molar refractivity (Wildman–Crippen MR) is 240 cm³/mol. The van der Waals surface area contributed by atoms with Crippen molar-refractivity contribution >= 4 is 85.0 Å². The van der Waals surface area contributed by atoms with E-state index in [2.05, 4.69) is 115 Å². The Morgan fingerprint density at radius 3 is 1.46 bits per heavy atom. The summed E-state index contributed by atoms with van der Waals surface area (Å²) < 4.78 is 12.2. The van der Waals surface area contributed by atoms with Crippen LogP contribution in [0.1, 0.15) is 0 Å². The van der Waals surface area contributed by atoms with Gasteiger partial charge >= 0.3 is 0 Å². The van der Waals surface area contributed by atoms with Gasteiger partial charge in [-0.15, -0.1) is 22.7 Å². The van der Waals surface area contributed by atoms with Crippen LogP contribution in [-0.4, -0.2) is 15.0 Å². The molecule has 0 N–H and O–H groups in total. The lowest BCUT2D eigenvalue weighted by atomic mass is 9.92. The molecule has 0 saturated carbocycles. The molecule has 0 fully saturated rings. The van der Waals surface area contributed by atoms with E-state index in [1.165, 1.54) is 51.5 Å². The molecule has 12 aromatic rings. The average Bonchev–Trinajstić information content (AvgIpc) is 3.98. The molecule has 0 bridgehead atoms. The monoisotopic (exact) mass is 763 g/mol. The van der Waals surface area contributed by atoms with Crippen LogP contribution >= 0.6 is 22.7 Å². The fraction of sp³-hybridized carbons (Fsp3) is 0. The Morgan fingerprint density at radius 2 is 0.789 bits per heavy atom. The quantitative estimate of drug-likeness (QED) is 0.175. The molecular formula is C51H29N3OS2. The molecule has 0 saturated heterocycles. The maximum atomic E-state index is 7.12. The average molecular weight is 764 g/mol. The maximum absolute atomic E-state index is 7.12. The molecule has 0 unspecified atom stereocenters. The number of rotatable bonds is 5. The summed E-state index contributed by atoms with van der Waals surface area (Å²) in [4.78, 5) is 15.1. The van der Waals surface area contributed by atoms with Crippen LogP contribution < -0.4 is 0 Å². The van der Waals surface area contributed by atoms with Gasteiger partial charge in [-0.25, -0.2) is 15.0 Å². The van der Waals surface area contributed by atoms with Crippen molar-refractivity contribution < 1.29 is 4.42 Å². The van der Waals surface area contributed by atoms with E-state index >= 15 is 0 Å². The van der Waals surface area contributed by atoms with Gasteiger partial charge in [0.2, 0.25) is 0 Å². The zero-order valence-corrected chi connectivity index (χ0v) is 31.9. The van der Waals surface area contributed by atoms with Gasteiger partial charge in [-0.3, -0.25) is 0 Å². The highest BCUT2D eigenvalue weighted by atomic mass is 32.1. The van der Waals surface area contributed by atoms with Crippen LogP contribution in [0, 0.1) is 0 Å². The summed E-state index contributed by atoms with van der Waals surface area (Å²) in [5, 5.41) is 7.16. The van der Waals surface area contributed by atoms with Crippen molar-refractivity contribution in [3.8, 4) is 56.4 Å². The highest BCUT2D eigenvalue weighted by molar-refractivity contribution is 7.26. The molecule has 0 aliphatic rings. The van der Waals surface area contributed by atoms with E-state index in [1.807, 2.05) is 83.3 Å². The fourth-order valence-electron chi connectivity index (χ4n) is 8.37. The normalized spacial score (nSPS) is 11.9. The van der Waals surface area contributed by atoms with Gasteiger partial charge in [-0.2, -0.15) is 0 Å². The highest BCUT2D eigenvalue weighted by Gasteiger charge is 2.22. The van der Waals surface area contributed by atoms with E-state index in [4.69, 9.17) is 19.4 Å². The summed E-state index contributed by atoms with van der Waals surface area (Å²) >= 11 is 3.70. The SMILES string of the molecule is c1ccc(-c2nc(-c3ccccc3)nc(-c3cccc4c3oc3c(-c5cc(-c6cccc7sc8ccccc8c67)cc6sc7ccccc7c56)cccc34)n2)cc1. The number of benzene rings is 8. The van der Waals surface area contributed by atoms with Crippen LogP contribution in [0.3, 0.4) is 0 Å². The van der Waals surface area contributed by atoms with Crippen LogP contribution in [-0.2, 0) is 0 Å². The first-order valence-corrected chi connectivity index (χ1v) is 20.6. The first kappa shape index (κ1) is 32.3. The number of furan rings is 1. The molecule has 0 aliphatic heterocycles. The second-order valence-corrected chi connectivity index (χ2v) is 16.4. The smallest absolute Gasteiger partial charge is 0.167 e. The summed E-state index contributed by atoms with van der Waals surface area (Å²) in [5.41, 5.74) is 8.91. The van der Waals surface area contributed by atoms with Gasteiger partial charge in [0, 0.05) is 67.8 Å². The zero-order valence-electron chi connectivity index (χ0n) is 30.3. The molecule has 0 aliphatic carbocycles. The summed E-state index contributed by atoms with van der Waals surface area (Å²) in [7, 11) is 0. The molecule has 0 radical (unpaired) electrons. The Hall–Kier alpha value is -6.99. The van der Waals surface area contributed by atoms with Gasteiger partial charge < -0.3 is 4.42 Å². The van der Waals surface area contributed by atoms with Gasteiger partial charge in [0.1, 0.15) is 11.2 Å². The summed E-state index contributed by atoms with van der Waals surface area (Å²) in [5.74, 6) is 1.80. The molecule has 0 amide bonds. The molecule has 57 heavy (non-hydrogen) atoms. The molecule has 4 nitrogen and oxygen atoms in total. The number of nitrogens with zero attached hydrogens (tertiary/aromatic N) is 3. The number of thiophene rings is 2. The van der Waals surface area contributed by atoms with Gasteiger partial charge in [0.15, 0.2) is 17.5 Å². The third kappa shape index (κ3) is 5.15. The lowest BCUT2D eigenvalue weighted by Gasteiger charge is -2.11. The van der Waals surface area contributed by atoms with Crippen LogP contribution in [0.4, 0.5) is 0 Å². The van der Waals surface area contributed by atoms with Crippen LogP contribution in [0.15, 0.2) is 180 Å². The molecule has 12 rings (SSSR count). The third-order valence-electron chi connectivity index (χ3n) is 10.9. The minimum atomic E-state index is 0.568. The molecule has 4 heterocycles. The predicted octanol–water partition coefficient (Wildman–Crippen LogP) is 14.8. The first-order chi connectivity index (χ1) is 28.2. The Labute approximate surface area is 335 Å². The van der Waals surface area contributed by atoms with Gasteiger partial charge in [0.25, 0.3) is 0 Å². The first-order valence-electron chi connectivity index (χ1n) is 18.9. The highest BCUT2D eigenvalue weighted by Crippen LogP contribution is 2.48. The van der Waals surface area contributed by atoms with Crippen molar-refractivity contribution in [1.82, 2.24) is 15.0 Å². The Bertz CT molecular complexity index is 3470.